The molecule has 1 aliphatic heterocycles. The summed E-state index contributed by atoms with van der Waals surface area (Å²) in [5, 5.41) is 22.6. The Balaban J connectivity index is 2.08. The summed E-state index contributed by atoms with van der Waals surface area (Å²) in [7, 11) is 1.53. The zero-order chi connectivity index (χ0) is 25.5. The van der Waals surface area contributed by atoms with Gasteiger partial charge >= 0.3 is 0 Å². The van der Waals surface area contributed by atoms with Crippen LogP contribution in [0.5, 0.6) is 5.75 Å². The molecule has 1 amide bonds. The van der Waals surface area contributed by atoms with Crippen molar-refractivity contribution in [3.63, 3.8) is 0 Å². The lowest BCUT2D eigenvalue weighted by Gasteiger charge is -2.25. The number of likely N-dealkylation sites (tertiary alicyclic amines) is 1. The second-order valence-corrected chi connectivity index (χ2v) is 8.37. The Labute approximate surface area is 204 Å². The molecule has 35 heavy (non-hydrogen) atoms. The minimum atomic E-state index is -0.965. The lowest BCUT2D eigenvalue weighted by atomic mass is 9.94. The number of aliphatic hydroxyl groups excluding tert-OH is 1. The van der Waals surface area contributed by atoms with E-state index < -0.39 is 22.7 Å². The van der Waals surface area contributed by atoms with Gasteiger partial charge in [0.05, 0.1) is 23.1 Å². The number of hydrogen-bond acceptors (Lipinski definition) is 7. The maximum Gasteiger partial charge on any atom is 0.295 e. The first kappa shape index (κ1) is 25.9. The fourth-order valence-electron chi connectivity index (χ4n) is 4.09. The number of aryl methyl sites for hydroxylation is 1. The SMILES string of the molecule is CCCCOc1ccc(C(O)=C2C(=O)C(=O)N(CCCOC)C2c2cccc([N+](=O)[O-])c2)cc1C. The van der Waals surface area contributed by atoms with Crippen LogP contribution in [0.25, 0.3) is 5.76 Å². The number of nitrogens with zero attached hydrogens (tertiary/aromatic N) is 2. The molecule has 9 heteroatoms. The molecule has 1 fully saturated rings. The van der Waals surface area contributed by atoms with E-state index in [9.17, 15) is 24.8 Å². The van der Waals surface area contributed by atoms with Gasteiger partial charge in [0.2, 0.25) is 0 Å². The molecule has 1 unspecified atom stereocenters. The number of hydrogen-bond donors (Lipinski definition) is 1. The normalized spacial score (nSPS) is 17.1. The van der Waals surface area contributed by atoms with Crippen LogP contribution >= 0.6 is 0 Å². The molecular formula is C26H30N2O7. The molecule has 0 saturated carbocycles. The van der Waals surface area contributed by atoms with Crippen molar-refractivity contribution in [3.8, 4) is 5.75 Å². The number of Topliss-reactive ketones (excluding diaryl/α,β-unsaturated/α-hetero) is 1. The Hall–Kier alpha value is -3.72. The Morgan fingerprint density at radius 1 is 1.14 bits per heavy atom. The number of benzene rings is 2. The highest BCUT2D eigenvalue weighted by Gasteiger charge is 2.46. The topological polar surface area (TPSA) is 119 Å². The van der Waals surface area contributed by atoms with Crippen molar-refractivity contribution in [2.45, 2.75) is 39.2 Å². The number of methoxy groups -OCH3 is 1. The van der Waals surface area contributed by atoms with Gasteiger partial charge in [-0.05, 0) is 49.1 Å². The highest BCUT2D eigenvalue weighted by atomic mass is 16.6. The predicted octanol–water partition coefficient (Wildman–Crippen LogP) is 4.54. The fourth-order valence-corrected chi connectivity index (χ4v) is 4.09. The van der Waals surface area contributed by atoms with Gasteiger partial charge in [-0.3, -0.25) is 19.7 Å². The second-order valence-electron chi connectivity index (χ2n) is 8.37. The smallest absolute Gasteiger partial charge is 0.295 e. The Morgan fingerprint density at radius 3 is 2.57 bits per heavy atom. The zero-order valence-corrected chi connectivity index (χ0v) is 20.2. The number of amides is 1. The van der Waals surface area contributed by atoms with Crippen LogP contribution in [0.1, 0.15) is 48.9 Å². The number of ether oxygens (including phenoxy) is 2. The average molecular weight is 483 g/mol. The third-order valence-electron chi connectivity index (χ3n) is 5.89. The summed E-state index contributed by atoms with van der Waals surface area (Å²) >= 11 is 0. The molecule has 0 radical (unpaired) electrons. The first-order valence-corrected chi connectivity index (χ1v) is 11.6. The van der Waals surface area contributed by atoms with Gasteiger partial charge < -0.3 is 19.5 Å². The van der Waals surface area contributed by atoms with Crippen LogP contribution in [0.4, 0.5) is 5.69 Å². The van der Waals surface area contributed by atoms with Crippen molar-refractivity contribution in [2.24, 2.45) is 0 Å². The molecule has 1 heterocycles. The average Bonchev–Trinajstić information content (AvgIpc) is 3.10. The fraction of sp³-hybridized carbons (Fsp3) is 0.385. The van der Waals surface area contributed by atoms with Crippen molar-refractivity contribution >= 4 is 23.1 Å². The van der Waals surface area contributed by atoms with Crippen LogP contribution in [-0.4, -0.2) is 53.5 Å². The van der Waals surface area contributed by atoms with Gasteiger partial charge in [0.25, 0.3) is 17.4 Å². The van der Waals surface area contributed by atoms with E-state index in [0.29, 0.717) is 36.5 Å². The number of carbonyl (C=O) groups is 2. The third kappa shape index (κ3) is 5.68. The molecule has 2 aromatic rings. The molecule has 1 atom stereocenters. The van der Waals surface area contributed by atoms with Crippen LogP contribution in [-0.2, 0) is 14.3 Å². The maximum atomic E-state index is 13.1. The van der Waals surface area contributed by atoms with E-state index in [-0.39, 0.29) is 23.6 Å². The molecule has 0 aromatic heterocycles. The highest BCUT2D eigenvalue weighted by Crippen LogP contribution is 2.40. The van der Waals surface area contributed by atoms with Gasteiger partial charge in [0.1, 0.15) is 11.5 Å². The molecule has 1 N–H and O–H groups in total. The predicted molar refractivity (Wildman–Crippen MR) is 130 cm³/mol. The van der Waals surface area contributed by atoms with Crippen molar-refractivity contribution in [1.82, 2.24) is 4.90 Å². The minimum Gasteiger partial charge on any atom is -0.507 e. The van der Waals surface area contributed by atoms with Gasteiger partial charge in [0.15, 0.2) is 0 Å². The van der Waals surface area contributed by atoms with E-state index in [0.717, 1.165) is 18.4 Å². The largest absolute Gasteiger partial charge is 0.507 e. The molecule has 1 aliphatic rings. The van der Waals surface area contributed by atoms with E-state index in [1.54, 1.807) is 24.3 Å². The first-order valence-electron chi connectivity index (χ1n) is 11.6. The van der Waals surface area contributed by atoms with Gasteiger partial charge in [-0.2, -0.15) is 0 Å². The lowest BCUT2D eigenvalue weighted by molar-refractivity contribution is -0.384. The van der Waals surface area contributed by atoms with Crippen molar-refractivity contribution in [2.75, 3.05) is 26.9 Å². The van der Waals surface area contributed by atoms with Gasteiger partial charge in [0, 0.05) is 38.0 Å². The molecule has 2 aromatic carbocycles. The molecule has 1 saturated heterocycles. The van der Waals surface area contributed by atoms with Gasteiger partial charge in [-0.1, -0.05) is 25.5 Å². The maximum absolute atomic E-state index is 13.1. The molecule has 186 valence electrons. The number of unbranched alkanes of at least 4 members (excludes halogenated alkanes) is 1. The summed E-state index contributed by atoms with van der Waals surface area (Å²) in [5.41, 5.74) is 1.22. The Bertz CT molecular complexity index is 1140. The molecular weight excluding hydrogens is 452 g/mol. The molecule has 0 aliphatic carbocycles. The Morgan fingerprint density at radius 2 is 1.91 bits per heavy atom. The van der Waals surface area contributed by atoms with Crippen molar-refractivity contribution in [3.05, 3.63) is 74.8 Å². The van der Waals surface area contributed by atoms with Crippen LogP contribution in [0, 0.1) is 17.0 Å². The number of aliphatic hydroxyl groups is 1. The molecule has 9 nitrogen and oxygen atoms in total. The summed E-state index contributed by atoms with van der Waals surface area (Å²) in [6.45, 7) is 5.02. The summed E-state index contributed by atoms with van der Waals surface area (Å²) < 4.78 is 10.8. The van der Waals surface area contributed by atoms with E-state index in [1.807, 2.05) is 6.92 Å². The van der Waals surface area contributed by atoms with Gasteiger partial charge in [-0.15, -0.1) is 0 Å². The summed E-state index contributed by atoms with van der Waals surface area (Å²) in [6, 6.07) is 9.84. The van der Waals surface area contributed by atoms with Crippen LogP contribution in [0.2, 0.25) is 0 Å². The highest BCUT2D eigenvalue weighted by molar-refractivity contribution is 6.46. The number of nitro groups is 1. The number of nitro benzene ring substituents is 1. The second kappa shape index (κ2) is 11.6. The summed E-state index contributed by atoms with van der Waals surface area (Å²) in [5.74, 6) is -1.27. The number of carbonyl (C=O) groups excluding carboxylic acids is 2. The quantitative estimate of drug-likeness (QED) is 0.125. The molecule has 0 bridgehead atoms. The van der Waals surface area contributed by atoms with Gasteiger partial charge in [-0.25, -0.2) is 0 Å². The summed E-state index contributed by atoms with van der Waals surface area (Å²) in [6.07, 6.45) is 2.37. The molecule has 0 spiro atoms. The first-order chi connectivity index (χ1) is 16.8. The zero-order valence-electron chi connectivity index (χ0n) is 20.2. The van der Waals surface area contributed by atoms with Crippen molar-refractivity contribution in [1.29, 1.82) is 0 Å². The third-order valence-corrected chi connectivity index (χ3v) is 5.89. The standard InChI is InChI=1S/C26H30N2O7/c1-4-5-14-35-21-11-10-19(15-17(21)2)24(29)22-23(18-8-6-9-20(16-18)28(32)33)27(12-7-13-34-3)26(31)25(22)30/h6,8-11,15-16,23,29H,4-5,7,12-14H2,1-3H3. The minimum absolute atomic E-state index is 0.105. The van der Waals surface area contributed by atoms with E-state index in [4.69, 9.17) is 9.47 Å². The van der Waals surface area contributed by atoms with E-state index in [2.05, 4.69) is 6.92 Å². The van der Waals surface area contributed by atoms with Crippen LogP contribution in [0.15, 0.2) is 48.0 Å². The molecule has 3 rings (SSSR count). The lowest BCUT2D eigenvalue weighted by Crippen LogP contribution is -2.31. The number of rotatable bonds is 11. The van der Waals surface area contributed by atoms with E-state index in [1.165, 1.54) is 30.2 Å². The van der Waals surface area contributed by atoms with Crippen molar-refractivity contribution < 1.29 is 29.1 Å². The van der Waals surface area contributed by atoms with Crippen LogP contribution < -0.4 is 4.74 Å². The van der Waals surface area contributed by atoms with Crippen LogP contribution in [0.3, 0.4) is 0 Å². The number of ketones is 1. The van der Waals surface area contributed by atoms with E-state index >= 15 is 0 Å². The monoisotopic (exact) mass is 482 g/mol. The summed E-state index contributed by atoms with van der Waals surface area (Å²) in [4.78, 5) is 38.2. The number of non-ortho nitro benzene ring substituents is 1. The Kier molecular flexibility index (Phi) is 8.59.